The fraction of sp³-hybridized carbons (Fsp3) is 0.105. The van der Waals surface area contributed by atoms with Crippen molar-refractivity contribution >= 4 is 55.7 Å². The molecule has 130 valence electrons. The molecule has 7 heteroatoms. The van der Waals surface area contributed by atoms with Crippen LogP contribution in [-0.4, -0.2) is 21.1 Å². The summed E-state index contributed by atoms with van der Waals surface area (Å²) in [4.78, 5) is 21.6. The number of hydrogen-bond donors (Lipinski definition) is 1. The predicted molar refractivity (Wildman–Crippen MR) is 111 cm³/mol. The molecule has 0 aliphatic rings. The van der Waals surface area contributed by atoms with Crippen LogP contribution < -0.4 is 5.32 Å². The van der Waals surface area contributed by atoms with Gasteiger partial charge in [-0.15, -0.1) is 22.7 Å². The average molecular weight is 398 g/mol. The second-order valence-electron chi connectivity index (χ2n) is 5.60. The van der Waals surface area contributed by atoms with Crippen molar-refractivity contribution in [3.05, 3.63) is 60.0 Å². The van der Waals surface area contributed by atoms with Gasteiger partial charge in [0.1, 0.15) is 0 Å². The van der Waals surface area contributed by atoms with Gasteiger partial charge in [-0.3, -0.25) is 4.79 Å². The van der Waals surface area contributed by atoms with Gasteiger partial charge in [0, 0.05) is 10.9 Å². The summed E-state index contributed by atoms with van der Waals surface area (Å²) in [7, 11) is 0. The van der Waals surface area contributed by atoms with Gasteiger partial charge in [0.2, 0.25) is 5.91 Å². The first-order valence-electron chi connectivity index (χ1n) is 8.03. The Morgan fingerprint density at radius 3 is 2.65 bits per heavy atom. The largest absolute Gasteiger partial charge is 0.301 e. The summed E-state index contributed by atoms with van der Waals surface area (Å²) in [6.45, 7) is 1.89. The quantitative estimate of drug-likeness (QED) is 0.449. The molecule has 0 aliphatic carbocycles. The van der Waals surface area contributed by atoms with Crippen molar-refractivity contribution in [2.24, 2.45) is 0 Å². The van der Waals surface area contributed by atoms with Crippen LogP contribution in [0.5, 0.6) is 0 Å². The van der Waals surface area contributed by atoms with Crippen molar-refractivity contribution in [2.75, 3.05) is 5.32 Å². The van der Waals surface area contributed by atoms with Crippen molar-refractivity contribution in [3.8, 4) is 11.3 Å². The standard InChI is InChI=1S/C19H15N3OS3/c1-12(25-19-21-14-9-5-6-10-16(14)26-19)17(23)22-18-20-15(11-24-18)13-7-3-2-4-8-13/h2-12H,1H3,(H,20,22,23)/t12-/m1/s1. The highest BCUT2D eigenvalue weighted by Gasteiger charge is 2.18. The minimum atomic E-state index is -0.250. The monoisotopic (exact) mass is 397 g/mol. The lowest BCUT2D eigenvalue weighted by molar-refractivity contribution is -0.115. The normalized spacial score (nSPS) is 12.2. The Labute approximate surface area is 163 Å². The van der Waals surface area contributed by atoms with E-state index in [4.69, 9.17) is 0 Å². The number of thioether (sulfide) groups is 1. The van der Waals surface area contributed by atoms with Crippen LogP contribution in [0.1, 0.15) is 6.92 Å². The van der Waals surface area contributed by atoms with Gasteiger partial charge < -0.3 is 5.32 Å². The molecule has 1 atom stereocenters. The molecule has 1 amide bonds. The minimum absolute atomic E-state index is 0.0665. The predicted octanol–water partition coefficient (Wildman–Crippen LogP) is 5.54. The van der Waals surface area contributed by atoms with Gasteiger partial charge >= 0.3 is 0 Å². The molecule has 0 aliphatic heterocycles. The number of hydrogen-bond acceptors (Lipinski definition) is 6. The number of thiazole rings is 2. The molecule has 1 N–H and O–H groups in total. The fourth-order valence-corrected chi connectivity index (χ4v) is 5.32. The van der Waals surface area contributed by atoms with Gasteiger partial charge in [-0.2, -0.15) is 0 Å². The third-order valence-electron chi connectivity index (χ3n) is 3.72. The van der Waals surface area contributed by atoms with Crippen molar-refractivity contribution in [3.63, 3.8) is 0 Å². The number of amides is 1. The van der Waals surface area contributed by atoms with E-state index in [0.29, 0.717) is 5.13 Å². The Balaban J connectivity index is 1.42. The number of fused-ring (bicyclic) bond motifs is 1. The van der Waals surface area contributed by atoms with E-state index < -0.39 is 0 Å². The molecule has 0 saturated carbocycles. The van der Waals surface area contributed by atoms with Gasteiger partial charge in [-0.25, -0.2) is 9.97 Å². The van der Waals surface area contributed by atoms with Crippen molar-refractivity contribution < 1.29 is 4.79 Å². The molecular formula is C19H15N3OS3. The van der Waals surface area contributed by atoms with Crippen LogP contribution in [0, 0.1) is 0 Å². The van der Waals surface area contributed by atoms with Gasteiger partial charge in [0.25, 0.3) is 0 Å². The Hall–Kier alpha value is -2.22. The van der Waals surface area contributed by atoms with E-state index >= 15 is 0 Å². The van der Waals surface area contributed by atoms with Crippen LogP contribution in [0.3, 0.4) is 0 Å². The summed E-state index contributed by atoms with van der Waals surface area (Å²) in [5.74, 6) is -0.0665. The number of benzene rings is 2. The number of carbonyl (C=O) groups is 1. The third kappa shape index (κ3) is 3.80. The lowest BCUT2D eigenvalue weighted by atomic mass is 10.2. The van der Waals surface area contributed by atoms with Gasteiger partial charge in [0.15, 0.2) is 9.47 Å². The number of para-hydroxylation sites is 1. The lowest BCUT2D eigenvalue weighted by Crippen LogP contribution is -2.22. The average Bonchev–Trinajstić information content (AvgIpc) is 3.28. The van der Waals surface area contributed by atoms with Gasteiger partial charge in [-0.1, -0.05) is 54.2 Å². The summed E-state index contributed by atoms with van der Waals surface area (Å²) in [6, 6.07) is 17.9. The first-order chi connectivity index (χ1) is 12.7. The van der Waals surface area contributed by atoms with Crippen LogP contribution >= 0.6 is 34.4 Å². The number of anilines is 1. The molecule has 4 aromatic rings. The van der Waals surface area contributed by atoms with Crippen LogP contribution in [0.2, 0.25) is 0 Å². The Bertz CT molecular complexity index is 1010. The maximum atomic E-state index is 12.5. The molecule has 2 aromatic carbocycles. The molecule has 0 fully saturated rings. The summed E-state index contributed by atoms with van der Waals surface area (Å²) >= 11 is 4.52. The molecule has 4 nitrogen and oxygen atoms in total. The number of carbonyl (C=O) groups excluding carboxylic acids is 1. The number of nitrogens with zero attached hydrogens (tertiary/aromatic N) is 2. The number of nitrogens with one attached hydrogen (secondary N) is 1. The minimum Gasteiger partial charge on any atom is -0.301 e. The molecule has 0 spiro atoms. The number of aromatic nitrogens is 2. The van der Waals surface area contributed by atoms with Crippen molar-refractivity contribution in [2.45, 2.75) is 16.5 Å². The molecule has 2 heterocycles. The van der Waals surface area contributed by atoms with Crippen LogP contribution in [-0.2, 0) is 4.79 Å². The zero-order valence-corrected chi connectivity index (χ0v) is 16.3. The molecule has 0 bridgehead atoms. The molecular weight excluding hydrogens is 382 g/mol. The van der Waals surface area contributed by atoms with Crippen molar-refractivity contribution in [1.29, 1.82) is 0 Å². The highest BCUT2D eigenvalue weighted by Crippen LogP contribution is 2.32. The zero-order valence-electron chi connectivity index (χ0n) is 13.9. The van der Waals surface area contributed by atoms with Crippen LogP contribution in [0.4, 0.5) is 5.13 Å². The summed E-state index contributed by atoms with van der Waals surface area (Å²) in [5.41, 5.74) is 2.89. The molecule has 0 unspecified atom stereocenters. The van der Waals surface area contributed by atoms with E-state index in [9.17, 15) is 4.79 Å². The Morgan fingerprint density at radius 1 is 1.08 bits per heavy atom. The van der Waals surface area contributed by atoms with E-state index in [1.807, 2.05) is 66.9 Å². The van der Waals surface area contributed by atoms with Gasteiger partial charge in [0.05, 0.1) is 21.2 Å². The topological polar surface area (TPSA) is 54.9 Å². The molecule has 4 rings (SSSR count). The Morgan fingerprint density at radius 2 is 1.85 bits per heavy atom. The van der Waals surface area contributed by atoms with Crippen LogP contribution in [0.25, 0.3) is 21.5 Å². The highest BCUT2D eigenvalue weighted by atomic mass is 32.2. The lowest BCUT2D eigenvalue weighted by Gasteiger charge is -2.08. The first kappa shape index (κ1) is 17.2. The third-order valence-corrected chi connectivity index (χ3v) is 6.71. The van der Waals surface area contributed by atoms with E-state index in [2.05, 4.69) is 15.3 Å². The maximum Gasteiger partial charge on any atom is 0.239 e. The molecule has 2 aromatic heterocycles. The summed E-state index contributed by atoms with van der Waals surface area (Å²) in [5, 5.41) is 5.23. The number of rotatable bonds is 5. The Kier molecular flexibility index (Phi) is 5.01. The SMILES string of the molecule is C[C@@H](Sc1nc2ccccc2s1)C(=O)Nc1nc(-c2ccccc2)cs1. The van der Waals surface area contributed by atoms with E-state index in [1.165, 1.54) is 23.1 Å². The molecule has 0 saturated heterocycles. The van der Waals surface area contributed by atoms with E-state index in [0.717, 1.165) is 25.8 Å². The maximum absolute atomic E-state index is 12.5. The van der Waals surface area contributed by atoms with E-state index in [-0.39, 0.29) is 11.2 Å². The fourth-order valence-electron chi connectivity index (χ4n) is 2.39. The molecule has 26 heavy (non-hydrogen) atoms. The van der Waals surface area contributed by atoms with Crippen LogP contribution in [0.15, 0.2) is 64.3 Å². The summed E-state index contributed by atoms with van der Waals surface area (Å²) < 4.78 is 2.04. The first-order valence-corrected chi connectivity index (χ1v) is 10.6. The molecule has 0 radical (unpaired) electrons. The highest BCUT2D eigenvalue weighted by molar-refractivity contribution is 8.02. The van der Waals surface area contributed by atoms with E-state index in [1.54, 1.807) is 11.3 Å². The second-order valence-corrected chi connectivity index (χ2v) is 9.08. The second kappa shape index (κ2) is 7.57. The smallest absolute Gasteiger partial charge is 0.239 e. The van der Waals surface area contributed by atoms with Gasteiger partial charge in [-0.05, 0) is 19.1 Å². The van der Waals surface area contributed by atoms with Crippen molar-refractivity contribution in [1.82, 2.24) is 9.97 Å². The summed E-state index contributed by atoms with van der Waals surface area (Å²) in [6.07, 6.45) is 0. The zero-order chi connectivity index (χ0) is 17.9.